The molecule has 1 saturated carbocycles. The van der Waals surface area contributed by atoms with E-state index in [9.17, 15) is 4.79 Å². The predicted molar refractivity (Wildman–Crippen MR) is 68.1 cm³/mol. The molecule has 94 valence electrons. The summed E-state index contributed by atoms with van der Waals surface area (Å²) < 4.78 is 0. The Kier molecular flexibility index (Phi) is 4.06. The Morgan fingerprint density at radius 2 is 2.06 bits per heavy atom. The lowest BCUT2D eigenvalue weighted by atomic mass is 9.95. The van der Waals surface area contributed by atoms with E-state index in [4.69, 9.17) is 12.2 Å². The van der Waals surface area contributed by atoms with Crippen LogP contribution >= 0.6 is 0 Å². The smallest absolute Gasteiger partial charge is 0.240 e. The summed E-state index contributed by atoms with van der Waals surface area (Å²) in [5, 5.41) is 0. The molecule has 2 aliphatic rings. The minimum absolute atomic E-state index is 0.0670. The monoisotopic (exact) mass is 234 g/mol. The molecule has 1 saturated heterocycles. The van der Waals surface area contributed by atoms with Crippen molar-refractivity contribution in [2.75, 3.05) is 6.54 Å². The summed E-state index contributed by atoms with van der Waals surface area (Å²) in [4.78, 5) is 14.2. The molecule has 2 atom stereocenters. The van der Waals surface area contributed by atoms with Gasteiger partial charge in [0, 0.05) is 19.0 Å². The largest absolute Gasteiger partial charge is 0.338 e. The van der Waals surface area contributed by atoms with Crippen LogP contribution in [0.15, 0.2) is 0 Å². The summed E-state index contributed by atoms with van der Waals surface area (Å²) in [6.45, 7) is 0.873. The van der Waals surface area contributed by atoms with E-state index in [1.807, 2.05) is 4.90 Å². The first kappa shape index (κ1) is 12.4. The van der Waals surface area contributed by atoms with E-state index in [0.29, 0.717) is 18.4 Å². The van der Waals surface area contributed by atoms with Gasteiger partial charge in [-0.25, -0.2) is 0 Å². The zero-order valence-electron chi connectivity index (χ0n) is 10.4. The van der Waals surface area contributed by atoms with E-state index in [0.717, 1.165) is 19.4 Å². The number of carbonyl (C=O) groups excluding carboxylic acids is 1. The van der Waals surface area contributed by atoms with Crippen LogP contribution < -0.4 is 5.73 Å². The van der Waals surface area contributed by atoms with Gasteiger partial charge in [-0.3, -0.25) is 4.79 Å². The van der Waals surface area contributed by atoms with Gasteiger partial charge in [-0.2, -0.15) is 0 Å². The van der Waals surface area contributed by atoms with Crippen molar-refractivity contribution in [3.8, 4) is 12.3 Å². The lowest BCUT2D eigenvalue weighted by Crippen LogP contribution is -2.47. The van der Waals surface area contributed by atoms with Gasteiger partial charge < -0.3 is 10.6 Å². The van der Waals surface area contributed by atoms with Crippen molar-refractivity contribution in [2.24, 2.45) is 11.7 Å². The molecule has 1 amide bonds. The number of terminal acetylenes is 1. The van der Waals surface area contributed by atoms with Crippen molar-refractivity contribution >= 4 is 5.91 Å². The maximum atomic E-state index is 12.2. The molecule has 2 fully saturated rings. The molecule has 0 aromatic carbocycles. The standard InChI is InChI=1S/C14H22N2O/c1-2-6-12(15)14(17)16-10-5-9-13(16)11-7-3-4-8-11/h1,11-13H,3-10,15H2. The SMILES string of the molecule is C#CCC(N)C(=O)N1CCCC1C1CCCC1. The molecule has 1 aliphatic carbocycles. The van der Waals surface area contributed by atoms with E-state index < -0.39 is 6.04 Å². The van der Waals surface area contributed by atoms with Gasteiger partial charge in [0.1, 0.15) is 0 Å². The third-order valence-electron chi connectivity index (χ3n) is 4.18. The van der Waals surface area contributed by atoms with Crippen LogP contribution in [0.4, 0.5) is 0 Å². The van der Waals surface area contributed by atoms with Crippen LogP contribution in [0.25, 0.3) is 0 Å². The fourth-order valence-corrected chi connectivity index (χ4v) is 3.33. The highest BCUT2D eigenvalue weighted by atomic mass is 16.2. The zero-order chi connectivity index (χ0) is 12.3. The number of hydrogen-bond acceptors (Lipinski definition) is 2. The van der Waals surface area contributed by atoms with Crippen LogP contribution in [-0.2, 0) is 4.79 Å². The second-order valence-corrected chi connectivity index (χ2v) is 5.30. The second-order valence-electron chi connectivity index (χ2n) is 5.30. The second kappa shape index (κ2) is 5.55. The fraction of sp³-hybridized carbons (Fsp3) is 0.786. The van der Waals surface area contributed by atoms with Crippen LogP contribution in [0.5, 0.6) is 0 Å². The Morgan fingerprint density at radius 3 is 2.71 bits per heavy atom. The molecule has 0 spiro atoms. The maximum Gasteiger partial charge on any atom is 0.240 e. The molecule has 1 aliphatic heterocycles. The quantitative estimate of drug-likeness (QED) is 0.753. The van der Waals surface area contributed by atoms with Crippen LogP contribution in [-0.4, -0.2) is 29.4 Å². The number of amides is 1. The van der Waals surface area contributed by atoms with E-state index in [1.165, 1.54) is 25.7 Å². The lowest BCUT2D eigenvalue weighted by molar-refractivity contribution is -0.134. The Balaban J connectivity index is 1.98. The van der Waals surface area contributed by atoms with Crippen LogP contribution in [0, 0.1) is 18.3 Å². The molecule has 2 rings (SSSR count). The van der Waals surface area contributed by atoms with Crippen LogP contribution in [0.2, 0.25) is 0 Å². The lowest BCUT2D eigenvalue weighted by Gasteiger charge is -2.31. The van der Waals surface area contributed by atoms with E-state index >= 15 is 0 Å². The topological polar surface area (TPSA) is 46.3 Å². The Labute approximate surface area is 104 Å². The molecule has 0 aromatic rings. The van der Waals surface area contributed by atoms with Crippen molar-refractivity contribution in [2.45, 2.75) is 57.0 Å². The highest BCUT2D eigenvalue weighted by Crippen LogP contribution is 2.35. The van der Waals surface area contributed by atoms with E-state index in [1.54, 1.807) is 0 Å². The third-order valence-corrected chi connectivity index (χ3v) is 4.18. The molecule has 2 N–H and O–H groups in total. The zero-order valence-corrected chi connectivity index (χ0v) is 10.4. The number of carbonyl (C=O) groups is 1. The number of nitrogens with zero attached hydrogens (tertiary/aromatic N) is 1. The molecule has 3 heteroatoms. The van der Waals surface area contributed by atoms with Gasteiger partial charge in [0.2, 0.25) is 5.91 Å². The molecular weight excluding hydrogens is 212 g/mol. The third kappa shape index (κ3) is 2.63. The molecule has 0 bridgehead atoms. The molecule has 3 nitrogen and oxygen atoms in total. The first-order valence-corrected chi connectivity index (χ1v) is 6.73. The number of rotatable bonds is 3. The summed E-state index contributed by atoms with van der Waals surface area (Å²) in [6.07, 6.45) is 13.0. The van der Waals surface area contributed by atoms with Crippen LogP contribution in [0.3, 0.4) is 0 Å². The molecule has 2 unspecified atom stereocenters. The highest BCUT2D eigenvalue weighted by Gasteiger charge is 2.37. The number of likely N-dealkylation sites (tertiary alicyclic amines) is 1. The van der Waals surface area contributed by atoms with Crippen molar-refractivity contribution in [3.63, 3.8) is 0 Å². The summed E-state index contributed by atoms with van der Waals surface area (Å²) in [7, 11) is 0. The first-order chi connectivity index (χ1) is 8.24. The normalized spacial score (nSPS) is 27.1. The van der Waals surface area contributed by atoms with Crippen molar-refractivity contribution in [1.29, 1.82) is 0 Å². The van der Waals surface area contributed by atoms with E-state index in [2.05, 4.69) is 5.92 Å². The number of hydrogen-bond donors (Lipinski definition) is 1. The Hall–Kier alpha value is -1.01. The van der Waals surface area contributed by atoms with Crippen LogP contribution in [0.1, 0.15) is 44.9 Å². The van der Waals surface area contributed by atoms with Gasteiger partial charge in [0.15, 0.2) is 0 Å². The minimum atomic E-state index is -0.498. The first-order valence-electron chi connectivity index (χ1n) is 6.73. The average molecular weight is 234 g/mol. The average Bonchev–Trinajstić information content (AvgIpc) is 2.98. The van der Waals surface area contributed by atoms with Gasteiger partial charge >= 0.3 is 0 Å². The molecule has 0 radical (unpaired) electrons. The summed E-state index contributed by atoms with van der Waals surface area (Å²) in [6, 6.07) is -0.0594. The molecule has 0 aromatic heterocycles. The maximum absolute atomic E-state index is 12.2. The van der Waals surface area contributed by atoms with Gasteiger partial charge in [0.05, 0.1) is 6.04 Å². The van der Waals surface area contributed by atoms with Gasteiger partial charge in [-0.15, -0.1) is 12.3 Å². The molecular formula is C14H22N2O. The van der Waals surface area contributed by atoms with Crippen molar-refractivity contribution < 1.29 is 4.79 Å². The molecule has 1 heterocycles. The predicted octanol–water partition coefficient (Wildman–Crippen LogP) is 1.52. The summed E-state index contributed by atoms with van der Waals surface area (Å²) >= 11 is 0. The highest BCUT2D eigenvalue weighted by molar-refractivity contribution is 5.82. The minimum Gasteiger partial charge on any atom is -0.338 e. The summed E-state index contributed by atoms with van der Waals surface area (Å²) in [5.74, 6) is 3.26. The Morgan fingerprint density at radius 1 is 1.35 bits per heavy atom. The van der Waals surface area contributed by atoms with Gasteiger partial charge in [-0.05, 0) is 31.6 Å². The van der Waals surface area contributed by atoms with Crippen molar-refractivity contribution in [1.82, 2.24) is 4.90 Å². The molecule has 17 heavy (non-hydrogen) atoms. The Bertz CT molecular complexity index is 315. The fourth-order valence-electron chi connectivity index (χ4n) is 3.33. The van der Waals surface area contributed by atoms with Crippen molar-refractivity contribution in [3.05, 3.63) is 0 Å². The van der Waals surface area contributed by atoms with Gasteiger partial charge in [0.25, 0.3) is 0 Å². The van der Waals surface area contributed by atoms with E-state index in [-0.39, 0.29) is 5.91 Å². The number of nitrogens with two attached hydrogens (primary N) is 1. The summed E-state index contributed by atoms with van der Waals surface area (Å²) in [5.41, 5.74) is 5.83. The van der Waals surface area contributed by atoms with Gasteiger partial charge in [-0.1, -0.05) is 12.8 Å².